The summed E-state index contributed by atoms with van der Waals surface area (Å²) in [5, 5.41) is 22.8. The molecule has 0 aliphatic carbocycles. The van der Waals surface area contributed by atoms with Crippen molar-refractivity contribution in [2.45, 2.75) is 6.04 Å². The second kappa shape index (κ2) is 8.13. The minimum atomic E-state index is -1.48. The first-order valence-corrected chi connectivity index (χ1v) is 8.28. The lowest BCUT2D eigenvalue weighted by Crippen LogP contribution is -2.33. The molecule has 0 bridgehead atoms. The van der Waals surface area contributed by atoms with E-state index < -0.39 is 28.4 Å². The second-order valence-electron chi connectivity index (χ2n) is 5.93. The number of benzene rings is 2. The second-order valence-corrected chi connectivity index (χ2v) is 5.93. The first-order chi connectivity index (χ1) is 13.9. The minimum absolute atomic E-state index is 0.138. The summed E-state index contributed by atoms with van der Waals surface area (Å²) in [7, 11) is 0. The molecule has 29 heavy (non-hydrogen) atoms. The van der Waals surface area contributed by atoms with Crippen molar-refractivity contribution in [1.82, 2.24) is 9.55 Å². The van der Waals surface area contributed by atoms with Gasteiger partial charge < -0.3 is 10.4 Å². The summed E-state index contributed by atoms with van der Waals surface area (Å²) >= 11 is 0. The van der Waals surface area contributed by atoms with E-state index in [-0.39, 0.29) is 16.9 Å². The van der Waals surface area contributed by atoms with Gasteiger partial charge in [0.25, 0.3) is 17.2 Å². The Morgan fingerprint density at radius 2 is 1.76 bits per heavy atom. The average Bonchev–Trinajstić information content (AvgIpc) is 2.71. The maximum absolute atomic E-state index is 12.8. The zero-order valence-electron chi connectivity index (χ0n) is 14.8. The molecule has 3 aromatic rings. The molecule has 146 valence electrons. The molecule has 0 radical (unpaired) electrons. The molecule has 1 unspecified atom stereocenters. The summed E-state index contributed by atoms with van der Waals surface area (Å²) in [4.78, 5) is 50.9. The SMILES string of the molecule is O=C(Nc1cncn(C(C(=O)O)c2ccc([N+](=O)[O-])cc2)c1=O)c1ccccc1. The number of nitrogens with one attached hydrogen (secondary N) is 1. The summed E-state index contributed by atoms with van der Waals surface area (Å²) < 4.78 is 0.837. The van der Waals surface area contributed by atoms with Gasteiger partial charge in [-0.1, -0.05) is 18.2 Å². The number of carboxylic acids is 1. The Kier molecular flexibility index (Phi) is 5.44. The highest BCUT2D eigenvalue weighted by Gasteiger charge is 2.25. The van der Waals surface area contributed by atoms with Crippen LogP contribution in [0.5, 0.6) is 0 Å². The van der Waals surface area contributed by atoms with Crippen molar-refractivity contribution in [2.24, 2.45) is 0 Å². The van der Waals surface area contributed by atoms with E-state index in [1.165, 1.54) is 12.1 Å². The van der Waals surface area contributed by atoms with Crippen molar-refractivity contribution in [1.29, 1.82) is 0 Å². The predicted octanol–water partition coefficient (Wildman–Crippen LogP) is 2.08. The van der Waals surface area contributed by atoms with Crippen molar-refractivity contribution < 1.29 is 19.6 Å². The normalized spacial score (nSPS) is 11.4. The van der Waals surface area contributed by atoms with Gasteiger partial charge in [-0.2, -0.15) is 0 Å². The fraction of sp³-hybridized carbons (Fsp3) is 0.0526. The summed E-state index contributed by atoms with van der Waals surface area (Å²) in [6, 6.07) is 11.5. The zero-order valence-corrected chi connectivity index (χ0v) is 14.8. The quantitative estimate of drug-likeness (QED) is 0.481. The van der Waals surface area contributed by atoms with E-state index in [0.717, 1.165) is 29.2 Å². The van der Waals surface area contributed by atoms with Crippen LogP contribution in [0, 0.1) is 10.1 Å². The van der Waals surface area contributed by atoms with Gasteiger partial charge in [0.2, 0.25) is 0 Å². The molecule has 2 aromatic carbocycles. The lowest BCUT2D eigenvalue weighted by Gasteiger charge is -2.16. The average molecular weight is 394 g/mol. The number of carbonyl (C=O) groups excluding carboxylic acids is 1. The third-order valence-corrected chi connectivity index (χ3v) is 4.08. The Bertz CT molecular complexity index is 1130. The van der Waals surface area contributed by atoms with Gasteiger partial charge in [-0.05, 0) is 29.8 Å². The molecule has 0 aliphatic rings. The van der Waals surface area contributed by atoms with Crippen LogP contribution in [0.15, 0.2) is 71.9 Å². The standard InChI is InChI=1S/C19H14N4O6/c24-17(13-4-2-1-3-5-13)21-15-10-20-11-22(18(15)25)16(19(26)27)12-6-8-14(9-7-12)23(28)29/h1-11,16H,(H,21,24)(H,26,27). The lowest BCUT2D eigenvalue weighted by molar-refractivity contribution is -0.384. The molecule has 0 fully saturated rings. The molecule has 10 heteroatoms. The topological polar surface area (TPSA) is 144 Å². The van der Waals surface area contributed by atoms with Crippen LogP contribution in [0.1, 0.15) is 22.0 Å². The monoisotopic (exact) mass is 394 g/mol. The molecule has 1 aromatic heterocycles. The highest BCUT2D eigenvalue weighted by molar-refractivity contribution is 6.04. The molecule has 10 nitrogen and oxygen atoms in total. The van der Waals surface area contributed by atoms with Gasteiger partial charge >= 0.3 is 5.97 Å². The number of nitro groups is 1. The summed E-state index contributed by atoms with van der Waals surface area (Å²) in [6.45, 7) is 0. The number of nitro benzene ring substituents is 1. The van der Waals surface area contributed by atoms with Crippen LogP contribution in [0.2, 0.25) is 0 Å². The van der Waals surface area contributed by atoms with Gasteiger partial charge in [-0.3, -0.25) is 24.3 Å². The Balaban J connectivity index is 1.97. The molecule has 1 amide bonds. The van der Waals surface area contributed by atoms with Crippen LogP contribution < -0.4 is 10.9 Å². The van der Waals surface area contributed by atoms with Gasteiger partial charge in [0.05, 0.1) is 17.4 Å². The van der Waals surface area contributed by atoms with Crippen molar-refractivity contribution >= 4 is 23.3 Å². The fourth-order valence-corrected chi connectivity index (χ4v) is 2.68. The Morgan fingerprint density at radius 1 is 1.10 bits per heavy atom. The smallest absolute Gasteiger partial charge is 0.331 e. The molecule has 3 rings (SSSR count). The van der Waals surface area contributed by atoms with E-state index in [1.807, 2.05) is 0 Å². The number of nitrogens with zero attached hydrogens (tertiary/aromatic N) is 3. The number of carboxylic acid groups (broad SMARTS) is 1. The molecule has 1 heterocycles. The highest BCUT2D eigenvalue weighted by atomic mass is 16.6. The van der Waals surface area contributed by atoms with E-state index in [4.69, 9.17) is 0 Å². The van der Waals surface area contributed by atoms with Crippen LogP contribution in [0.4, 0.5) is 11.4 Å². The Hall–Kier alpha value is -4.34. The Morgan fingerprint density at radius 3 is 2.34 bits per heavy atom. The first-order valence-electron chi connectivity index (χ1n) is 8.28. The third kappa shape index (κ3) is 4.16. The molecule has 0 saturated heterocycles. The number of rotatable bonds is 6. The van der Waals surface area contributed by atoms with E-state index in [2.05, 4.69) is 10.3 Å². The van der Waals surface area contributed by atoms with Crippen molar-refractivity contribution in [3.63, 3.8) is 0 Å². The molecule has 0 spiro atoms. The summed E-state index contributed by atoms with van der Waals surface area (Å²) in [6.07, 6.45) is 2.15. The number of anilines is 1. The number of amides is 1. The predicted molar refractivity (Wildman–Crippen MR) is 102 cm³/mol. The number of carbonyl (C=O) groups is 2. The van der Waals surface area contributed by atoms with Crippen LogP contribution >= 0.6 is 0 Å². The fourth-order valence-electron chi connectivity index (χ4n) is 2.68. The number of aromatic nitrogens is 2. The zero-order chi connectivity index (χ0) is 21.0. The number of hydrogen-bond acceptors (Lipinski definition) is 6. The van der Waals surface area contributed by atoms with Gasteiger partial charge in [-0.15, -0.1) is 0 Å². The largest absolute Gasteiger partial charge is 0.479 e. The third-order valence-electron chi connectivity index (χ3n) is 4.08. The van der Waals surface area contributed by atoms with Crippen LogP contribution in [0.3, 0.4) is 0 Å². The van der Waals surface area contributed by atoms with Crippen LogP contribution in [-0.4, -0.2) is 31.5 Å². The van der Waals surface area contributed by atoms with Crippen molar-refractivity contribution in [3.8, 4) is 0 Å². The maximum Gasteiger partial charge on any atom is 0.331 e. The number of hydrogen-bond donors (Lipinski definition) is 2. The number of aliphatic carboxylic acids is 1. The molecular formula is C19H14N4O6. The Labute approximate surface area is 163 Å². The molecule has 0 aliphatic heterocycles. The number of non-ortho nitro benzene ring substituents is 1. The van der Waals surface area contributed by atoms with E-state index >= 15 is 0 Å². The van der Waals surface area contributed by atoms with Gasteiger partial charge in [0, 0.05) is 17.7 Å². The van der Waals surface area contributed by atoms with Crippen molar-refractivity contribution in [2.75, 3.05) is 5.32 Å². The molecular weight excluding hydrogens is 380 g/mol. The van der Waals surface area contributed by atoms with E-state index in [0.29, 0.717) is 5.56 Å². The minimum Gasteiger partial charge on any atom is -0.479 e. The summed E-state index contributed by atoms with van der Waals surface area (Å²) in [5.74, 6) is -1.92. The van der Waals surface area contributed by atoms with Gasteiger partial charge in [0.1, 0.15) is 5.69 Å². The van der Waals surface area contributed by atoms with Gasteiger partial charge in [0.15, 0.2) is 6.04 Å². The van der Waals surface area contributed by atoms with Crippen LogP contribution in [-0.2, 0) is 4.79 Å². The van der Waals surface area contributed by atoms with Crippen LogP contribution in [0.25, 0.3) is 0 Å². The molecule has 1 atom stereocenters. The lowest BCUT2D eigenvalue weighted by atomic mass is 10.1. The molecule has 2 N–H and O–H groups in total. The maximum atomic E-state index is 12.8. The van der Waals surface area contributed by atoms with E-state index in [1.54, 1.807) is 30.3 Å². The first kappa shape index (κ1) is 19.4. The molecule has 0 saturated carbocycles. The highest BCUT2D eigenvalue weighted by Crippen LogP contribution is 2.21. The summed E-state index contributed by atoms with van der Waals surface area (Å²) in [5.41, 5.74) is -0.747. The van der Waals surface area contributed by atoms with E-state index in [9.17, 15) is 29.6 Å². The van der Waals surface area contributed by atoms with Crippen molar-refractivity contribution in [3.05, 3.63) is 98.7 Å². The van der Waals surface area contributed by atoms with Gasteiger partial charge in [-0.25, -0.2) is 9.78 Å².